The molecule has 2 N–H and O–H groups in total. The van der Waals surface area contributed by atoms with Crippen LogP contribution in [0.2, 0.25) is 0 Å². The van der Waals surface area contributed by atoms with E-state index in [0.717, 1.165) is 0 Å². The Morgan fingerprint density at radius 2 is 1.20 bits per heavy atom. The first-order chi connectivity index (χ1) is 14.2. The van der Waals surface area contributed by atoms with Crippen molar-refractivity contribution in [1.82, 2.24) is 10.9 Å². The van der Waals surface area contributed by atoms with Gasteiger partial charge in [-0.25, -0.2) is 0 Å². The molecule has 10 heteroatoms. The fraction of sp³-hybridized carbons (Fsp3) is 0.300. The summed E-state index contributed by atoms with van der Waals surface area (Å²) >= 11 is 0. The highest BCUT2D eigenvalue weighted by molar-refractivity contribution is 5.99. The molecule has 2 aromatic rings. The Balaban J connectivity index is 2.06. The highest BCUT2D eigenvalue weighted by Crippen LogP contribution is 2.30. The van der Waals surface area contributed by atoms with Gasteiger partial charge >= 0.3 is 6.61 Å². The van der Waals surface area contributed by atoms with Crippen molar-refractivity contribution in [1.29, 1.82) is 0 Å². The van der Waals surface area contributed by atoms with E-state index in [0.29, 0.717) is 11.5 Å². The summed E-state index contributed by atoms with van der Waals surface area (Å²) in [7, 11) is 2.69. The molecule has 2 rings (SSSR count). The lowest BCUT2D eigenvalue weighted by atomic mass is 10.2. The van der Waals surface area contributed by atoms with Crippen molar-refractivity contribution in [2.45, 2.75) is 26.6 Å². The molecule has 0 radical (unpaired) electrons. The first kappa shape index (κ1) is 22.7. The third kappa shape index (κ3) is 5.97. The van der Waals surface area contributed by atoms with Crippen LogP contribution in [0.3, 0.4) is 0 Å². The van der Waals surface area contributed by atoms with E-state index >= 15 is 0 Å². The minimum atomic E-state index is -3.04. The number of benzene rings is 2. The minimum Gasteiger partial charge on any atom is -0.493 e. The average molecular weight is 424 g/mol. The molecule has 0 spiro atoms. The number of nitrogens with one attached hydrogen (secondary N) is 2. The fourth-order valence-corrected chi connectivity index (χ4v) is 2.42. The molecule has 0 bridgehead atoms. The summed E-state index contributed by atoms with van der Waals surface area (Å²) in [5.74, 6) is -0.712. The molecule has 0 fully saturated rings. The normalized spacial score (nSPS) is 10.5. The van der Waals surface area contributed by atoms with Crippen LogP contribution in [0.1, 0.15) is 34.6 Å². The van der Waals surface area contributed by atoms with E-state index in [1.807, 2.05) is 13.8 Å². The maximum absolute atomic E-state index is 12.4. The monoisotopic (exact) mass is 424 g/mol. The number of methoxy groups -OCH3 is 2. The number of hydrogen-bond donors (Lipinski definition) is 2. The molecule has 2 aromatic carbocycles. The predicted molar refractivity (Wildman–Crippen MR) is 103 cm³/mol. The second kappa shape index (κ2) is 10.3. The summed E-state index contributed by atoms with van der Waals surface area (Å²) in [6.07, 6.45) is -0.0765. The van der Waals surface area contributed by atoms with E-state index in [1.54, 1.807) is 6.07 Å². The van der Waals surface area contributed by atoms with E-state index in [1.165, 1.54) is 44.6 Å². The number of halogens is 2. The van der Waals surface area contributed by atoms with Crippen LogP contribution in [-0.4, -0.2) is 38.7 Å². The molecular weight excluding hydrogens is 402 g/mol. The fourth-order valence-electron chi connectivity index (χ4n) is 2.42. The van der Waals surface area contributed by atoms with Crippen molar-refractivity contribution >= 4 is 11.8 Å². The minimum absolute atomic E-state index is 0.0558. The lowest BCUT2D eigenvalue weighted by Gasteiger charge is -2.15. The van der Waals surface area contributed by atoms with Gasteiger partial charge in [-0.05, 0) is 50.2 Å². The second-order valence-electron chi connectivity index (χ2n) is 6.18. The average Bonchev–Trinajstić information content (AvgIpc) is 2.71. The van der Waals surface area contributed by atoms with Crippen molar-refractivity contribution in [3.05, 3.63) is 47.5 Å². The molecule has 162 valence electrons. The van der Waals surface area contributed by atoms with Gasteiger partial charge in [0.25, 0.3) is 11.8 Å². The van der Waals surface area contributed by atoms with Crippen LogP contribution in [0.25, 0.3) is 0 Å². The zero-order chi connectivity index (χ0) is 22.3. The van der Waals surface area contributed by atoms with Crippen molar-refractivity contribution in [2.24, 2.45) is 0 Å². The van der Waals surface area contributed by atoms with Crippen LogP contribution < -0.4 is 29.8 Å². The summed E-state index contributed by atoms with van der Waals surface area (Å²) in [4.78, 5) is 24.6. The van der Waals surface area contributed by atoms with Gasteiger partial charge in [0.2, 0.25) is 0 Å². The van der Waals surface area contributed by atoms with Gasteiger partial charge in [-0.15, -0.1) is 0 Å². The van der Waals surface area contributed by atoms with Crippen LogP contribution in [0.5, 0.6) is 23.0 Å². The SMILES string of the molecule is COc1cc(C(=O)NNC(=O)c2ccc(OC(F)F)c(OC)c2)ccc1OC(C)C. The molecule has 0 unspecified atom stereocenters. The quantitative estimate of drug-likeness (QED) is 0.632. The third-order valence-corrected chi connectivity index (χ3v) is 3.72. The lowest BCUT2D eigenvalue weighted by molar-refractivity contribution is -0.0512. The van der Waals surface area contributed by atoms with Gasteiger partial charge in [-0.1, -0.05) is 0 Å². The Labute approximate surface area is 172 Å². The smallest absolute Gasteiger partial charge is 0.387 e. The summed E-state index contributed by atoms with van der Waals surface area (Å²) in [5.41, 5.74) is 4.79. The third-order valence-electron chi connectivity index (χ3n) is 3.72. The first-order valence-corrected chi connectivity index (χ1v) is 8.83. The maximum Gasteiger partial charge on any atom is 0.387 e. The van der Waals surface area contributed by atoms with Crippen molar-refractivity contribution in [3.8, 4) is 23.0 Å². The molecule has 0 aromatic heterocycles. The highest BCUT2D eigenvalue weighted by atomic mass is 19.3. The summed E-state index contributed by atoms with van der Waals surface area (Å²) < 4.78 is 44.8. The Hall–Kier alpha value is -3.56. The summed E-state index contributed by atoms with van der Waals surface area (Å²) in [6.45, 7) is 0.681. The van der Waals surface area contributed by atoms with E-state index < -0.39 is 18.4 Å². The number of hydrazine groups is 1. The molecule has 0 aliphatic heterocycles. The molecule has 0 atom stereocenters. The molecule has 30 heavy (non-hydrogen) atoms. The molecule has 0 saturated carbocycles. The zero-order valence-electron chi connectivity index (χ0n) is 16.8. The Morgan fingerprint density at radius 3 is 1.57 bits per heavy atom. The maximum atomic E-state index is 12.4. The van der Waals surface area contributed by atoms with Gasteiger partial charge in [0.1, 0.15) is 0 Å². The van der Waals surface area contributed by atoms with Gasteiger partial charge in [0, 0.05) is 11.1 Å². The van der Waals surface area contributed by atoms with Gasteiger partial charge in [0.15, 0.2) is 23.0 Å². The predicted octanol–water partition coefficient (Wildman–Crippen LogP) is 3.17. The Kier molecular flexibility index (Phi) is 7.79. The topological polar surface area (TPSA) is 95.1 Å². The number of alkyl halides is 2. The number of ether oxygens (including phenoxy) is 4. The van der Waals surface area contributed by atoms with E-state index in [2.05, 4.69) is 15.6 Å². The van der Waals surface area contributed by atoms with Gasteiger partial charge < -0.3 is 18.9 Å². The van der Waals surface area contributed by atoms with Gasteiger partial charge in [-0.2, -0.15) is 8.78 Å². The Morgan fingerprint density at radius 1 is 0.767 bits per heavy atom. The van der Waals surface area contributed by atoms with E-state index in [4.69, 9.17) is 14.2 Å². The van der Waals surface area contributed by atoms with Crippen LogP contribution in [-0.2, 0) is 0 Å². The van der Waals surface area contributed by atoms with Gasteiger partial charge in [0.05, 0.1) is 20.3 Å². The van der Waals surface area contributed by atoms with E-state index in [9.17, 15) is 18.4 Å². The zero-order valence-corrected chi connectivity index (χ0v) is 16.8. The largest absolute Gasteiger partial charge is 0.493 e. The molecular formula is C20H22F2N2O6. The molecule has 2 amide bonds. The summed E-state index contributed by atoms with van der Waals surface area (Å²) in [5, 5.41) is 0. The van der Waals surface area contributed by atoms with Crippen molar-refractivity contribution in [3.63, 3.8) is 0 Å². The molecule has 0 aliphatic carbocycles. The molecule has 0 aliphatic rings. The number of rotatable bonds is 8. The Bertz CT molecular complexity index is 831. The van der Waals surface area contributed by atoms with Crippen molar-refractivity contribution < 1.29 is 37.3 Å². The van der Waals surface area contributed by atoms with E-state index in [-0.39, 0.29) is 28.7 Å². The van der Waals surface area contributed by atoms with Gasteiger partial charge in [-0.3, -0.25) is 20.4 Å². The number of carbonyl (C=O) groups excluding carboxylic acids is 2. The lowest BCUT2D eigenvalue weighted by Crippen LogP contribution is -2.41. The van der Waals surface area contributed by atoms with Crippen molar-refractivity contribution in [2.75, 3.05) is 14.2 Å². The molecule has 0 heterocycles. The molecule has 0 saturated heterocycles. The summed E-state index contributed by atoms with van der Waals surface area (Å²) in [6, 6.07) is 8.20. The second-order valence-corrected chi connectivity index (χ2v) is 6.18. The number of hydrogen-bond acceptors (Lipinski definition) is 6. The number of carbonyl (C=O) groups is 2. The van der Waals surface area contributed by atoms with Crippen LogP contribution >= 0.6 is 0 Å². The van der Waals surface area contributed by atoms with Crippen LogP contribution in [0.4, 0.5) is 8.78 Å². The first-order valence-electron chi connectivity index (χ1n) is 8.83. The molecule has 8 nitrogen and oxygen atoms in total. The standard InChI is InChI=1S/C20H22F2N2O6/c1-11(2)29-14-7-5-12(9-16(14)27-3)18(25)23-24-19(26)13-6-8-15(30-20(21)22)17(10-13)28-4/h5-11,20H,1-4H3,(H,23,25)(H,24,26). The highest BCUT2D eigenvalue weighted by Gasteiger charge is 2.16. The van der Waals surface area contributed by atoms with Crippen LogP contribution in [0, 0.1) is 0 Å². The number of amides is 2. The van der Waals surface area contributed by atoms with Crippen LogP contribution in [0.15, 0.2) is 36.4 Å².